The Morgan fingerprint density at radius 2 is 0.651 bits per heavy atom. The molecule has 6 atom stereocenters. The molecule has 24 nitrogen and oxygen atoms in total. The van der Waals surface area contributed by atoms with Gasteiger partial charge in [0.25, 0.3) is 35.4 Å². The van der Waals surface area contributed by atoms with Crippen molar-refractivity contribution in [1.29, 1.82) is 0 Å². The number of primary amides is 1. The minimum Gasteiger partial charge on any atom is -0.365 e. The van der Waals surface area contributed by atoms with Crippen molar-refractivity contribution in [2.24, 2.45) is 28.7 Å². The van der Waals surface area contributed by atoms with E-state index < -0.39 is 71.7 Å². The number of thiazole rings is 6. The Hall–Kier alpha value is -6.09. The summed E-state index contributed by atoms with van der Waals surface area (Å²) in [6, 6.07) is -4.28. The third kappa shape index (κ3) is 18.5. The fraction of sp³-hybridized carbons (Fsp3) is 0.554. The Morgan fingerprint density at radius 3 is 1.00 bits per heavy atom. The zero-order chi connectivity index (χ0) is 62.9. The molecule has 6 heterocycles. The summed E-state index contributed by atoms with van der Waals surface area (Å²) in [6.45, 7) is 17.3. The van der Waals surface area contributed by atoms with Crippen LogP contribution in [0.1, 0.15) is 257 Å². The molecule has 86 heavy (non-hydrogen) atoms. The lowest BCUT2D eigenvalue weighted by Gasteiger charge is -2.20. The number of nitrogens with zero attached hydrogens (tertiary/aromatic N) is 6. The summed E-state index contributed by atoms with van der Waals surface area (Å²) in [5.74, 6) is -3.26. The van der Waals surface area contributed by atoms with E-state index in [1.807, 2.05) is 0 Å². The van der Waals surface area contributed by atoms with E-state index in [1.54, 1.807) is 55.4 Å². The number of unbranched alkanes of at least 4 members (excludes halogenated alkanes) is 4. The fourth-order valence-electron chi connectivity index (χ4n) is 9.55. The SMILES string of the molecule is CC(=O)NC(CCCCN)c1nc(C)sc1C(=O)NC(C)c1nc(CCCCN)sc1C(=O)NC(C)c1nc(C)sc1C(=O)NC(CCCCN)c1nc(C)sc1C(=O)NC(C)c1nc(CCCCN)sc1C(=O)NC(C)c1nc(C)sc1C(N)=O. The van der Waals surface area contributed by atoms with Gasteiger partial charge in [0.1, 0.15) is 29.3 Å². The van der Waals surface area contributed by atoms with Crippen LogP contribution in [0.25, 0.3) is 0 Å². The number of nitrogens with two attached hydrogens (primary N) is 5. The Balaban J connectivity index is 1.23. The van der Waals surface area contributed by atoms with Crippen molar-refractivity contribution in [2.45, 2.75) is 176 Å². The maximum Gasteiger partial charge on any atom is 0.263 e. The number of aryl methyl sites for hydroxylation is 6. The van der Waals surface area contributed by atoms with Crippen molar-refractivity contribution in [3.8, 4) is 0 Å². The quantitative estimate of drug-likeness (QED) is 0.0178. The van der Waals surface area contributed by atoms with Gasteiger partial charge in [0.15, 0.2) is 0 Å². The summed E-state index contributed by atoms with van der Waals surface area (Å²) in [6.07, 6.45) is 7.68. The van der Waals surface area contributed by atoms with Gasteiger partial charge >= 0.3 is 0 Å². The molecule has 0 bridgehead atoms. The maximum absolute atomic E-state index is 14.7. The van der Waals surface area contributed by atoms with Crippen LogP contribution >= 0.6 is 68.0 Å². The molecule has 7 amide bonds. The van der Waals surface area contributed by atoms with Gasteiger partial charge in [-0.15, -0.1) is 68.0 Å². The molecule has 16 N–H and O–H groups in total. The number of carbonyl (C=O) groups is 7. The fourth-order valence-corrected chi connectivity index (χ4v) is 15.3. The van der Waals surface area contributed by atoms with Crippen LogP contribution in [-0.2, 0) is 17.6 Å². The number of nitrogens with one attached hydrogen (secondary N) is 6. The van der Waals surface area contributed by atoms with E-state index in [0.717, 1.165) is 54.8 Å². The van der Waals surface area contributed by atoms with E-state index in [9.17, 15) is 33.6 Å². The number of aromatic nitrogens is 6. The second-order valence-electron chi connectivity index (χ2n) is 20.9. The monoisotopic (exact) mass is 1300 g/mol. The molecule has 0 aliphatic rings. The van der Waals surface area contributed by atoms with Crippen molar-refractivity contribution in [3.05, 3.63) is 93.5 Å². The first-order chi connectivity index (χ1) is 41.0. The summed E-state index contributed by atoms with van der Waals surface area (Å²) in [7, 11) is 0. The number of amides is 7. The summed E-state index contributed by atoms with van der Waals surface area (Å²) in [5.41, 5.74) is 31.2. The molecule has 468 valence electrons. The van der Waals surface area contributed by atoms with Crippen LogP contribution in [-0.4, -0.2) is 97.4 Å². The first-order valence-electron chi connectivity index (χ1n) is 28.8. The van der Waals surface area contributed by atoms with E-state index >= 15 is 0 Å². The summed E-state index contributed by atoms with van der Waals surface area (Å²) in [4.78, 5) is 127. The van der Waals surface area contributed by atoms with Crippen molar-refractivity contribution < 1.29 is 33.6 Å². The van der Waals surface area contributed by atoms with Gasteiger partial charge in [-0.2, -0.15) is 0 Å². The third-order valence-electron chi connectivity index (χ3n) is 13.6. The highest BCUT2D eigenvalue weighted by atomic mass is 32.1. The lowest BCUT2D eigenvalue weighted by atomic mass is 10.0. The topological polar surface area (TPSA) is 399 Å². The largest absolute Gasteiger partial charge is 0.365 e. The normalized spacial score (nSPS) is 13.5. The van der Waals surface area contributed by atoms with Crippen LogP contribution < -0.4 is 60.6 Å². The average molecular weight is 1300 g/mol. The average Bonchev–Trinajstić information content (AvgIpc) is 3.08. The third-order valence-corrected chi connectivity index (χ3v) is 19.9. The molecule has 6 unspecified atom stereocenters. The van der Waals surface area contributed by atoms with Gasteiger partial charge in [-0.1, -0.05) is 0 Å². The zero-order valence-electron chi connectivity index (χ0n) is 50.2. The maximum atomic E-state index is 14.7. The molecular weight excluding hydrogens is 1220 g/mol. The van der Waals surface area contributed by atoms with Crippen molar-refractivity contribution in [2.75, 3.05) is 26.2 Å². The molecule has 0 aromatic carbocycles. The van der Waals surface area contributed by atoms with Gasteiger partial charge < -0.3 is 60.6 Å². The van der Waals surface area contributed by atoms with Crippen LogP contribution in [0.15, 0.2) is 0 Å². The first-order valence-corrected chi connectivity index (χ1v) is 33.7. The van der Waals surface area contributed by atoms with Crippen molar-refractivity contribution in [3.63, 3.8) is 0 Å². The summed E-state index contributed by atoms with van der Waals surface area (Å²) >= 11 is 7.12. The standard InChI is InChI=1S/C56H81N17O7S6/c1-26(39-45(51(61)75)81-31(6)67-39)62-52(76)47-41(72-37(85-47)20-12-16-24-59)29(4)65-55(79)50-44(70-34(9)84-50)36(19-11-15-23-58)71-56(80)46-40(68-32(7)82-46)27(2)63-53(77)48-42(73-38(86-48)21-13-17-25-60)28(3)64-54(78)49-43(69-33(8)83-49)35(66-30(5)74)18-10-14-22-57/h26-29,35-36H,10-25,57-60H2,1-9H3,(H2,61,75)(H,62,76)(H,63,77)(H,64,78)(H,65,79)(H,66,74)(H,71,80). The van der Waals surface area contributed by atoms with E-state index in [2.05, 4.69) is 41.9 Å². The molecule has 0 aliphatic carbocycles. The van der Waals surface area contributed by atoms with Crippen molar-refractivity contribution >= 4 is 109 Å². The molecule has 0 radical (unpaired) electrons. The Morgan fingerprint density at radius 1 is 0.372 bits per heavy atom. The highest BCUT2D eigenvalue weighted by molar-refractivity contribution is 7.15. The van der Waals surface area contributed by atoms with Crippen LogP contribution in [0.5, 0.6) is 0 Å². The smallest absolute Gasteiger partial charge is 0.263 e. The number of carbonyl (C=O) groups excluding carboxylic acids is 7. The second-order valence-corrected chi connectivity index (χ2v) is 27.9. The first kappa shape index (κ1) is 69.0. The van der Waals surface area contributed by atoms with Gasteiger partial charge in [0.05, 0.1) is 100 Å². The molecule has 0 saturated carbocycles. The van der Waals surface area contributed by atoms with Crippen molar-refractivity contribution in [1.82, 2.24) is 61.8 Å². The molecule has 0 spiro atoms. The Labute approximate surface area is 525 Å². The van der Waals surface area contributed by atoms with Gasteiger partial charge in [-0.25, -0.2) is 29.9 Å². The summed E-state index contributed by atoms with van der Waals surface area (Å²) in [5, 5.41) is 22.0. The minimum atomic E-state index is -0.798. The second kappa shape index (κ2) is 32.8. The molecule has 0 fully saturated rings. The van der Waals surface area contributed by atoms with Crippen LogP contribution in [0.2, 0.25) is 0 Å². The molecule has 0 saturated heterocycles. The molecular formula is C56H81N17O7S6. The van der Waals surface area contributed by atoms with Crippen LogP contribution in [0, 0.1) is 27.7 Å². The molecule has 6 rings (SSSR count). The lowest BCUT2D eigenvalue weighted by molar-refractivity contribution is -0.119. The number of hydrogen-bond donors (Lipinski definition) is 11. The minimum absolute atomic E-state index is 0.247. The molecule has 30 heteroatoms. The Bertz CT molecular complexity index is 3330. The summed E-state index contributed by atoms with van der Waals surface area (Å²) < 4.78 is 0. The van der Waals surface area contributed by atoms with Gasteiger partial charge in [-0.05, 0) is 159 Å². The molecule has 6 aromatic rings. The predicted octanol–water partition coefficient (Wildman–Crippen LogP) is 7.19. The van der Waals surface area contributed by atoms with Gasteiger partial charge in [0.2, 0.25) is 5.91 Å². The van der Waals surface area contributed by atoms with Crippen LogP contribution in [0.3, 0.4) is 0 Å². The van der Waals surface area contributed by atoms with E-state index in [0.29, 0.717) is 140 Å². The highest BCUT2D eigenvalue weighted by Crippen LogP contribution is 2.35. The number of hydrogen-bond acceptors (Lipinski definition) is 23. The van der Waals surface area contributed by atoms with Gasteiger partial charge in [-0.3, -0.25) is 33.6 Å². The highest BCUT2D eigenvalue weighted by Gasteiger charge is 2.34. The number of rotatable bonds is 34. The zero-order valence-corrected chi connectivity index (χ0v) is 55.1. The van der Waals surface area contributed by atoms with E-state index in [4.69, 9.17) is 48.6 Å². The molecule has 0 aliphatic heterocycles. The lowest BCUT2D eigenvalue weighted by Crippen LogP contribution is -2.34. The van der Waals surface area contributed by atoms with Gasteiger partial charge in [0, 0.05) is 6.92 Å². The predicted molar refractivity (Wildman–Crippen MR) is 340 cm³/mol. The van der Waals surface area contributed by atoms with E-state index in [-0.39, 0.29) is 30.3 Å². The Kier molecular flexibility index (Phi) is 26.3. The van der Waals surface area contributed by atoms with Crippen LogP contribution in [0.4, 0.5) is 0 Å². The van der Waals surface area contributed by atoms with E-state index in [1.165, 1.54) is 52.3 Å². The molecule has 6 aromatic heterocycles.